The molecule has 0 saturated heterocycles. The van der Waals surface area contributed by atoms with Crippen molar-refractivity contribution in [2.24, 2.45) is 0 Å². The van der Waals surface area contributed by atoms with Crippen LogP contribution in [0.5, 0.6) is 0 Å². The van der Waals surface area contributed by atoms with E-state index in [1.807, 2.05) is 6.92 Å². The highest BCUT2D eigenvalue weighted by Gasteiger charge is 2.11. The van der Waals surface area contributed by atoms with E-state index in [0.717, 1.165) is 13.1 Å². The van der Waals surface area contributed by atoms with Crippen LogP contribution in [0.3, 0.4) is 0 Å². The zero-order chi connectivity index (χ0) is 10.1. The molecule has 0 aromatic rings. The van der Waals surface area contributed by atoms with Crippen molar-refractivity contribution in [2.75, 3.05) is 13.1 Å². The third kappa shape index (κ3) is 5.81. The number of hydrogen-bond acceptors (Lipinski definition) is 2. The lowest BCUT2D eigenvalue weighted by Gasteiger charge is -2.24. The van der Waals surface area contributed by atoms with Crippen LogP contribution in [0.15, 0.2) is 0 Å². The number of carbonyl (C=O) groups excluding carboxylic acids is 1. The van der Waals surface area contributed by atoms with E-state index in [0.29, 0.717) is 0 Å². The van der Waals surface area contributed by atoms with Gasteiger partial charge in [-0.05, 0) is 32.9 Å². The molecule has 0 aromatic heterocycles. The molecule has 77 valence electrons. The molecular formula is C11H22NO. The van der Waals surface area contributed by atoms with E-state index < -0.39 is 0 Å². The minimum Gasteiger partial charge on any atom is -0.293 e. The van der Waals surface area contributed by atoms with E-state index in [2.05, 4.69) is 25.0 Å². The Morgan fingerprint density at radius 1 is 1.15 bits per heavy atom. The minimum absolute atomic E-state index is 0.0295. The molecule has 2 heteroatoms. The Bertz CT molecular complexity index is 117. The maximum absolute atomic E-state index is 10.5. The molecule has 0 N–H and O–H groups in total. The third-order valence-electron chi connectivity index (χ3n) is 2.32. The highest BCUT2D eigenvalue weighted by atomic mass is 16.1. The Balaban J connectivity index is 3.79. The van der Waals surface area contributed by atoms with Crippen LogP contribution >= 0.6 is 0 Å². The summed E-state index contributed by atoms with van der Waals surface area (Å²) >= 11 is 0. The van der Waals surface area contributed by atoms with Crippen LogP contribution in [0, 0.1) is 0 Å². The number of unbranched alkanes of at least 4 members (excludes halogenated alkanes) is 2. The molecule has 1 unspecified atom stereocenters. The first-order valence-electron chi connectivity index (χ1n) is 5.38. The summed E-state index contributed by atoms with van der Waals surface area (Å²) < 4.78 is 0. The van der Waals surface area contributed by atoms with Crippen molar-refractivity contribution < 1.29 is 4.79 Å². The zero-order valence-electron chi connectivity index (χ0n) is 9.18. The third-order valence-corrected chi connectivity index (χ3v) is 2.32. The highest BCUT2D eigenvalue weighted by molar-refractivity contribution is 5.57. The quantitative estimate of drug-likeness (QED) is 0.577. The maximum Gasteiger partial charge on any atom is 0.216 e. The van der Waals surface area contributed by atoms with Gasteiger partial charge in [0.15, 0.2) is 0 Å². The van der Waals surface area contributed by atoms with Gasteiger partial charge in [-0.25, -0.2) is 0 Å². The predicted molar refractivity (Wildman–Crippen MR) is 56.5 cm³/mol. The lowest BCUT2D eigenvalue weighted by atomic mass is 10.2. The molecule has 0 aromatic carbocycles. The van der Waals surface area contributed by atoms with Gasteiger partial charge < -0.3 is 0 Å². The summed E-state index contributed by atoms with van der Waals surface area (Å²) in [5, 5.41) is 0. The second kappa shape index (κ2) is 8.24. The first-order chi connectivity index (χ1) is 6.26. The molecule has 0 aliphatic rings. The second-order valence-electron chi connectivity index (χ2n) is 3.54. The molecule has 1 atom stereocenters. The summed E-state index contributed by atoms with van der Waals surface area (Å²) in [5.74, 6) is 0. The first-order valence-corrected chi connectivity index (χ1v) is 5.38. The van der Waals surface area contributed by atoms with Crippen molar-refractivity contribution in [1.82, 2.24) is 4.90 Å². The highest BCUT2D eigenvalue weighted by Crippen LogP contribution is 2.02. The van der Waals surface area contributed by atoms with E-state index >= 15 is 0 Å². The Kier molecular flexibility index (Phi) is 8.00. The number of nitrogens with zero attached hydrogens (tertiary/aromatic N) is 1. The van der Waals surface area contributed by atoms with Gasteiger partial charge in [0.25, 0.3) is 0 Å². The van der Waals surface area contributed by atoms with Crippen molar-refractivity contribution in [3.8, 4) is 0 Å². The van der Waals surface area contributed by atoms with Crippen molar-refractivity contribution in [3.63, 3.8) is 0 Å². The van der Waals surface area contributed by atoms with Crippen LogP contribution in [0.25, 0.3) is 0 Å². The molecule has 2 nitrogen and oxygen atoms in total. The standard InChI is InChI=1S/C11H22NO/c1-4-6-8-12(9-7-5-2)11(3)10-13/h11H,4-9H2,1-3H3. The summed E-state index contributed by atoms with van der Waals surface area (Å²) in [6.45, 7) is 8.35. The van der Waals surface area contributed by atoms with Gasteiger partial charge in [0.2, 0.25) is 6.29 Å². The zero-order valence-corrected chi connectivity index (χ0v) is 9.18. The predicted octanol–water partition coefficient (Wildman–Crippen LogP) is 2.39. The van der Waals surface area contributed by atoms with Crippen molar-refractivity contribution in [1.29, 1.82) is 0 Å². The van der Waals surface area contributed by atoms with Crippen molar-refractivity contribution in [3.05, 3.63) is 0 Å². The molecule has 13 heavy (non-hydrogen) atoms. The fraction of sp³-hybridized carbons (Fsp3) is 0.909. The first kappa shape index (κ1) is 12.6. The van der Waals surface area contributed by atoms with Crippen LogP contribution < -0.4 is 0 Å². The van der Waals surface area contributed by atoms with E-state index in [1.165, 1.54) is 25.7 Å². The normalized spacial score (nSPS) is 13.2. The summed E-state index contributed by atoms with van der Waals surface area (Å²) in [4.78, 5) is 12.7. The number of hydrogen-bond donors (Lipinski definition) is 0. The van der Waals surface area contributed by atoms with Crippen LogP contribution in [0.4, 0.5) is 0 Å². The average Bonchev–Trinajstić information content (AvgIpc) is 2.17. The smallest absolute Gasteiger partial charge is 0.216 e. The fourth-order valence-electron chi connectivity index (χ4n) is 1.30. The molecule has 0 fully saturated rings. The monoisotopic (exact) mass is 184 g/mol. The summed E-state index contributed by atoms with van der Waals surface area (Å²) in [5.41, 5.74) is 0. The van der Waals surface area contributed by atoms with Gasteiger partial charge in [-0.3, -0.25) is 9.69 Å². The molecule has 0 saturated carbocycles. The Labute approximate surface area is 82.3 Å². The van der Waals surface area contributed by atoms with Gasteiger partial charge in [-0.1, -0.05) is 26.7 Å². The summed E-state index contributed by atoms with van der Waals surface area (Å²) in [6, 6.07) is -0.0295. The molecular weight excluding hydrogens is 162 g/mol. The lowest BCUT2D eigenvalue weighted by Crippen LogP contribution is -2.35. The minimum atomic E-state index is -0.0295. The Morgan fingerprint density at radius 2 is 1.62 bits per heavy atom. The second-order valence-corrected chi connectivity index (χ2v) is 3.54. The average molecular weight is 184 g/mol. The van der Waals surface area contributed by atoms with E-state index in [-0.39, 0.29) is 6.04 Å². The van der Waals surface area contributed by atoms with Gasteiger partial charge in [-0.2, -0.15) is 0 Å². The topological polar surface area (TPSA) is 20.3 Å². The molecule has 0 aliphatic heterocycles. The van der Waals surface area contributed by atoms with Crippen LogP contribution in [-0.4, -0.2) is 30.3 Å². The van der Waals surface area contributed by atoms with E-state index in [4.69, 9.17) is 0 Å². The van der Waals surface area contributed by atoms with Gasteiger partial charge >= 0.3 is 0 Å². The van der Waals surface area contributed by atoms with E-state index in [9.17, 15) is 4.79 Å². The van der Waals surface area contributed by atoms with Crippen LogP contribution in [0.1, 0.15) is 46.5 Å². The Hall–Kier alpha value is -0.370. The largest absolute Gasteiger partial charge is 0.293 e. The van der Waals surface area contributed by atoms with E-state index in [1.54, 1.807) is 0 Å². The number of rotatable bonds is 8. The van der Waals surface area contributed by atoms with Gasteiger partial charge in [0.1, 0.15) is 0 Å². The summed E-state index contributed by atoms with van der Waals surface area (Å²) in [7, 11) is 0. The molecule has 0 rings (SSSR count). The molecule has 0 heterocycles. The fourth-order valence-corrected chi connectivity index (χ4v) is 1.30. The van der Waals surface area contributed by atoms with Crippen LogP contribution in [0.2, 0.25) is 0 Å². The van der Waals surface area contributed by atoms with Gasteiger partial charge in [0.05, 0.1) is 6.04 Å². The molecule has 0 spiro atoms. The van der Waals surface area contributed by atoms with Crippen LogP contribution in [-0.2, 0) is 4.79 Å². The summed E-state index contributed by atoms with van der Waals surface area (Å²) in [6.07, 6.45) is 6.79. The maximum atomic E-state index is 10.5. The van der Waals surface area contributed by atoms with Gasteiger partial charge in [-0.15, -0.1) is 0 Å². The van der Waals surface area contributed by atoms with Crippen molar-refractivity contribution in [2.45, 2.75) is 52.5 Å². The SMILES string of the molecule is CCCCN(CCCC)C(C)[C]=O. The molecule has 0 bridgehead atoms. The Morgan fingerprint density at radius 3 is 1.92 bits per heavy atom. The molecule has 1 radical (unpaired) electrons. The van der Waals surface area contributed by atoms with Gasteiger partial charge in [0, 0.05) is 0 Å². The molecule has 0 aliphatic carbocycles. The lowest BCUT2D eigenvalue weighted by molar-refractivity contribution is 0.241. The molecule has 0 amide bonds. The van der Waals surface area contributed by atoms with Crippen molar-refractivity contribution >= 4 is 6.29 Å².